The molecule has 0 spiro atoms. The minimum absolute atomic E-state index is 0.0000359. The normalized spacial score (nSPS) is 11.2. The molecule has 2 aromatic rings. The lowest BCUT2D eigenvalue weighted by Crippen LogP contribution is -2.30. The second-order valence-electron chi connectivity index (χ2n) is 4.98. The SMILES string of the molecule is Cn1c(C(=O)Nc2cc(F)c(=O)n(CC(F)(F)F)c2)cc(Cl)c1C#N. The lowest BCUT2D eigenvalue weighted by molar-refractivity contribution is -0.141. The number of hydrogen-bond acceptors (Lipinski definition) is 3. The number of halogens is 5. The summed E-state index contributed by atoms with van der Waals surface area (Å²) in [7, 11) is 1.38. The number of carbonyl (C=O) groups is 1. The van der Waals surface area contributed by atoms with E-state index in [0.717, 1.165) is 0 Å². The fourth-order valence-electron chi connectivity index (χ4n) is 2.09. The molecule has 0 saturated carbocycles. The quantitative estimate of drug-likeness (QED) is 0.836. The first-order valence-corrected chi connectivity index (χ1v) is 6.94. The predicted molar refractivity (Wildman–Crippen MR) is 79.8 cm³/mol. The highest BCUT2D eigenvalue weighted by Gasteiger charge is 2.29. The lowest BCUT2D eigenvalue weighted by atomic mass is 10.3. The average Bonchev–Trinajstić information content (AvgIpc) is 2.77. The van der Waals surface area contributed by atoms with Crippen molar-refractivity contribution in [3.8, 4) is 6.07 Å². The molecule has 0 aromatic carbocycles. The zero-order valence-corrected chi connectivity index (χ0v) is 13.2. The first-order valence-electron chi connectivity index (χ1n) is 6.57. The molecule has 0 atom stereocenters. The predicted octanol–water partition coefficient (Wildman–Crippen LogP) is 2.67. The Morgan fingerprint density at radius 2 is 2.04 bits per heavy atom. The van der Waals surface area contributed by atoms with E-state index in [1.54, 1.807) is 6.07 Å². The molecule has 25 heavy (non-hydrogen) atoms. The van der Waals surface area contributed by atoms with Gasteiger partial charge in [-0.2, -0.15) is 18.4 Å². The van der Waals surface area contributed by atoms with Crippen LogP contribution in [0.3, 0.4) is 0 Å². The minimum atomic E-state index is -4.74. The summed E-state index contributed by atoms with van der Waals surface area (Å²) in [5.74, 6) is -2.30. The van der Waals surface area contributed by atoms with Gasteiger partial charge in [-0.3, -0.25) is 9.59 Å². The number of carbonyl (C=O) groups excluding carboxylic acids is 1. The topological polar surface area (TPSA) is 79.8 Å². The second-order valence-corrected chi connectivity index (χ2v) is 5.38. The van der Waals surface area contributed by atoms with Crippen molar-refractivity contribution in [3.05, 3.63) is 50.9 Å². The van der Waals surface area contributed by atoms with Crippen molar-refractivity contribution in [1.82, 2.24) is 9.13 Å². The summed E-state index contributed by atoms with van der Waals surface area (Å²) in [5, 5.41) is 11.1. The van der Waals surface area contributed by atoms with Gasteiger partial charge in [0, 0.05) is 19.3 Å². The van der Waals surface area contributed by atoms with Crippen LogP contribution in [-0.4, -0.2) is 21.2 Å². The maximum absolute atomic E-state index is 13.5. The van der Waals surface area contributed by atoms with Gasteiger partial charge in [-0.05, 0) is 6.07 Å². The molecular formula is C14H9ClF4N4O2. The maximum Gasteiger partial charge on any atom is 0.406 e. The van der Waals surface area contributed by atoms with Crippen LogP contribution >= 0.6 is 11.6 Å². The van der Waals surface area contributed by atoms with Gasteiger partial charge in [0.1, 0.15) is 24.0 Å². The molecule has 2 rings (SSSR count). The number of amides is 1. The van der Waals surface area contributed by atoms with Crippen molar-refractivity contribution in [3.63, 3.8) is 0 Å². The number of alkyl halides is 3. The molecule has 1 N–H and O–H groups in total. The van der Waals surface area contributed by atoms with Gasteiger partial charge in [0.05, 0.1) is 10.7 Å². The van der Waals surface area contributed by atoms with Crippen molar-refractivity contribution in [1.29, 1.82) is 5.26 Å². The van der Waals surface area contributed by atoms with Crippen molar-refractivity contribution in [2.45, 2.75) is 12.7 Å². The van der Waals surface area contributed by atoms with E-state index in [2.05, 4.69) is 5.32 Å². The first-order chi connectivity index (χ1) is 11.5. The molecule has 132 valence electrons. The summed E-state index contributed by atoms with van der Waals surface area (Å²) < 4.78 is 52.1. The largest absolute Gasteiger partial charge is 0.406 e. The van der Waals surface area contributed by atoms with Gasteiger partial charge < -0.3 is 14.5 Å². The van der Waals surface area contributed by atoms with Crippen molar-refractivity contribution in [2.75, 3.05) is 5.32 Å². The van der Waals surface area contributed by atoms with Crippen molar-refractivity contribution < 1.29 is 22.4 Å². The van der Waals surface area contributed by atoms with E-state index in [4.69, 9.17) is 16.9 Å². The Morgan fingerprint density at radius 1 is 1.40 bits per heavy atom. The summed E-state index contributed by atoms with van der Waals surface area (Å²) in [6.07, 6.45) is -4.07. The van der Waals surface area contributed by atoms with Crippen LogP contribution in [0, 0.1) is 17.1 Å². The zero-order valence-electron chi connectivity index (χ0n) is 12.5. The van der Waals surface area contributed by atoms with Crippen LogP contribution in [0.25, 0.3) is 0 Å². The summed E-state index contributed by atoms with van der Waals surface area (Å²) in [6, 6.07) is 3.55. The number of rotatable bonds is 3. The number of nitriles is 1. The maximum atomic E-state index is 13.5. The molecule has 2 heterocycles. The van der Waals surface area contributed by atoms with Crippen LogP contribution in [0.15, 0.2) is 23.1 Å². The highest BCUT2D eigenvalue weighted by atomic mass is 35.5. The summed E-state index contributed by atoms with van der Waals surface area (Å²) in [6.45, 7) is -1.71. The lowest BCUT2D eigenvalue weighted by Gasteiger charge is -2.12. The molecule has 0 aliphatic carbocycles. The number of nitrogens with zero attached hydrogens (tertiary/aromatic N) is 3. The Balaban J connectivity index is 2.36. The van der Waals surface area contributed by atoms with Crippen molar-refractivity contribution in [2.24, 2.45) is 7.05 Å². The Labute approximate surface area is 142 Å². The van der Waals surface area contributed by atoms with E-state index in [1.165, 1.54) is 17.7 Å². The molecule has 1 amide bonds. The van der Waals surface area contributed by atoms with Gasteiger partial charge >= 0.3 is 6.18 Å². The average molecular weight is 377 g/mol. The molecule has 11 heteroatoms. The number of pyridine rings is 1. The Bertz CT molecular complexity index is 940. The molecule has 0 aliphatic heterocycles. The van der Waals surface area contributed by atoms with Crippen LogP contribution in [0.5, 0.6) is 0 Å². The molecule has 0 fully saturated rings. The standard InChI is InChI=1S/C14H9ClF4N4O2/c1-22-10(3-8(15)11(22)4-20)12(24)21-7-2-9(16)13(25)23(5-7)6-14(17,18)19/h2-3,5H,6H2,1H3,(H,21,24). The van der Waals surface area contributed by atoms with Crippen LogP contribution in [0.2, 0.25) is 5.02 Å². The molecule has 0 radical (unpaired) electrons. The third-order valence-corrected chi connectivity index (χ3v) is 3.46. The fraction of sp³-hybridized carbons (Fsp3) is 0.214. The first kappa shape index (κ1) is 18.5. The number of anilines is 1. The van der Waals surface area contributed by atoms with E-state index in [9.17, 15) is 27.2 Å². The van der Waals surface area contributed by atoms with Gasteiger partial charge in [-0.1, -0.05) is 11.6 Å². The molecule has 2 aromatic heterocycles. The molecular weight excluding hydrogens is 368 g/mol. The third-order valence-electron chi connectivity index (χ3n) is 3.17. The Kier molecular flexibility index (Phi) is 4.89. The van der Waals surface area contributed by atoms with Gasteiger partial charge in [-0.15, -0.1) is 0 Å². The Hall–Kier alpha value is -2.80. The molecule has 0 aliphatic rings. The zero-order chi connectivity index (χ0) is 18.9. The number of nitrogens with one attached hydrogen (secondary N) is 1. The van der Waals surface area contributed by atoms with E-state index in [1.807, 2.05) is 0 Å². The number of aromatic nitrogens is 2. The van der Waals surface area contributed by atoms with Gasteiger partial charge in [0.2, 0.25) is 0 Å². The molecule has 0 saturated heterocycles. The van der Waals surface area contributed by atoms with Gasteiger partial charge in [0.15, 0.2) is 5.82 Å². The van der Waals surface area contributed by atoms with Crippen LogP contribution < -0.4 is 10.9 Å². The monoisotopic (exact) mass is 376 g/mol. The highest BCUT2D eigenvalue weighted by molar-refractivity contribution is 6.32. The van der Waals surface area contributed by atoms with E-state index >= 15 is 0 Å². The van der Waals surface area contributed by atoms with E-state index in [-0.39, 0.29) is 26.7 Å². The van der Waals surface area contributed by atoms with Crippen LogP contribution in [0.4, 0.5) is 23.2 Å². The smallest absolute Gasteiger partial charge is 0.330 e. The number of hydrogen-bond donors (Lipinski definition) is 1. The van der Waals surface area contributed by atoms with Gasteiger partial charge in [0.25, 0.3) is 11.5 Å². The summed E-state index contributed by atoms with van der Waals surface area (Å²) in [4.78, 5) is 23.6. The van der Waals surface area contributed by atoms with E-state index < -0.39 is 30.0 Å². The molecule has 6 nitrogen and oxygen atoms in total. The van der Waals surface area contributed by atoms with Crippen molar-refractivity contribution >= 4 is 23.2 Å². The van der Waals surface area contributed by atoms with Gasteiger partial charge in [-0.25, -0.2) is 4.39 Å². The fourth-order valence-corrected chi connectivity index (χ4v) is 2.36. The van der Waals surface area contributed by atoms with Crippen LogP contribution in [0.1, 0.15) is 16.2 Å². The van der Waals surface area contributed by atoms with E-state index in [0.29, 0.717) is 12.3 Å². The minimum Gasteiger partial charge on any atom is -0.330 e. The summed E-state index contributed by atoms with van der Waals surface area (Å²) in [5.41, 5.74) is -1.90. The highest BCUT2D eigenvalue weighted by Crippen LogP contribution is 2.21. The molecule has 0 unspecified atom stereocenters. The molecule has 0 bridgehead atoms. The third kappa shape index (κ3) is 4.00. The summed E-state index contributed by atoms with van der Waals surface area (Å²) >= 11 is 5.79. The Morgan fingerprint density at radius 3 is 2.56 bits per heavy atom. The van der Waals surface area contributed by atoms with Crippen LogP contribution in [-0.2, 0) is 13.6 Å². The second kappa shape index (κ2) is 6.60.